The van der Waals surface area contributed by atoms with Crippen LogP contribution in [0.3, 0.4) is 0 Å². The molecule has 152 valence electrons. The van der Waals surface area contributed by atoms with Gasteiger partial charge in [0.1, 0.15) is 11.5 Å². The second-order valence-electron chi connectivity index (χ2n) is 6.85. The van der Waals surface area contributed by atoms with Gasteiger partial charge in [-0.25, -0.2) is 13.2 Å². The Kier molecular flexibility index (Phi) is 6.91. The van der Waals surface area contributed by atoms with Gasteiger partial charge in [-0.15, -0.1) is 0 Å². The van der Waals surface area contributed by atoms with Crippen LogP contribution in [0.5, 0.6) is 0 Å². The lowest BCUT2D eigenvalue weighted by atomic mass is 10.1. The van der Waals surface area contributed by atoms with Crippen LogP contribution >= 0.6 is 11.6 Å². The van der Waals surface area contributed by atoms with E-state index in [4.69, 9.17) is 21.6 Å². The normalized spacial score (nSPS) is 15.3. The molecule has 0 spiro atoms. The molecule has 6 nitrogen and oxygen atoms in total. The van der Waals surface area contributed by atoms with E-state index in [-0.39, 0.29) is 22.1 Å². The van der Waals surface area contributed by atoms with Crippen LogP contribution in [0.2, 0.25) is 5.02 Å². The van der Waals surface area contributed by atoms with Crippen LogP contribution < -0.4 is 0 Å². The molecule has 0 aliphatic carbocycles. The van der Waals surface area contributed by atoms with E-state index >= 15 is 0 Å². The summed E-state index contributed by atoms with van der Waals surface area (Å²) in [6, 6.07) is 12.8. The molecule has 0 atom stereocenters. The lowest BCUT2D eigenvalue weighted by Crippen LogP contribution is -2.32. The predicted octanol–water partition coefficient (Wildman–Crippen LogP) is 4.13. The zero-order valence-electron chi connectivity index (χ0n) is 15.8. The highest BCUT2D eigenvalue weighted by Gasteiger charge is 2.28. The van der Waals surface area contributed by atoms with Crippen molar-refractivity contribution in [3.63, 3.8) is 0 Å². The Hall–Kier alpha value is -2.40. The van der Waals surface area contributed by atoms with E-state index < -0.39 is 16.0 Å². The summed E-state index contributed by atoms with van der Waals surface area (Å²) < 4.78 is 32.8. The fourth-order valence-electron chi connectivity index (χ4n) is 3.16. The van der Waals surface area contributed by atoms with Crippen molar-refractivity contribution in [3.05, 3.63) is 64.2 Å². The number of benzene rings is 2. The fraction of sp³-hybridized carbons (Fsp3) is 0.333. The van der Waals surface area contributed by atoms with Crippen LogP contribution in [-0.2, 0) is 21.4 Å². The zero-order chi connectivity index (χ0) is 20.9. The van der Waals surface area contributed by atoms with Gasteiger partial charge in [-0.05, 0) is 48.7 Å². The van der Waals surface area contributed by atoms with Gasteiger partial charge in [-0.3, -0.25) is 0 Å². The molecule has 0 bridgehead atoms. The van der Waals surface area contributed by atoms with Crippen LogP contribution in [0, 0.1) is 11.3 Å². The molecule has 0 unspecified atom stereocenters. The lowest BCUT2D eigenvalue weighted by Gasteiger charge is -2.21. The standard InChI is InChI=1S/C21H21ClN2O4S/c22-19-10-9-18(21(25)28-15-17-7-5-16(14-23)6-8-17)13-20(19)29(26,27)24-11-3-1-2-4-12-24/h5-10,13H,1-4,11-12,15H2. The van der Waals surface area contributed by atoms with Gasteiger partial charge in [0, 0.05) is 13.1 Å². The minimum atomic E-state index is -3.78. The largest absolute Gasteiger partial charge is 0.457 e. The van der Waals surface area contributed by atoms with Crippen molar-refractivity contribution in [1.29, 1.82) is 5.26 Å². The summed E-state index contributed by atoms with van der Waals surface area (Å²) in [7, 11) is -3.78. The second kappa shape index (κ2) is 9.40. The fourth-order valence-corrected chi connectivity index (χ4v) is 5.17. The van der Waals surface area contributed by atoms with Crippen LogP contribution in [0.15, 0.2) is 47.4 Å². The van der Waals surface area contributed by atoms with E-state index in [0.717, 1.165) is 31.2 Å². The molecule has 0 saturated carbocycles. The molecular weight excluding hydrogens is 412 g/mol. The highest BCUT2D eigenvalue weighted by atomic mass is 35.5. The first kappa shape index (κ1) is 21.3. The van der Waals surface area contributed by atoms with E-state index in [1.54, 1.807) is 24.3 Å². The Morgan fingerprint density at radius 2 is 1.72 bits per heavy atom. The lowest BCUT2D eigenvalue weighted by molar-refractivity contribution is 0.0472. The Balaban J connectivity index is 1.76. The number of hydrogen-bond acceptors (Lipinski definition) is 5. The van der Waals surface area contributed by atoms with Crippen molar-refractivity contribution < 1.29 is 17.9 Å². The molecule has 0 radical (unpaired) electrons. The summed E-state index contributed by atoms with van der Waals surface area (Å²) in [5.74, 6) is -0.640. The van der Waals surface area contributed by atoms with Gasteiger partial charge in [0.2, 0.25) is 10.0 Å². The molecule has 0 N–H and O–H groups in total. The van der Waals surface area contributed by atoms with Gasteiger partial charge in [0.05, 0.1) is 22.2 Å². The molecule has 29 heavy (non-hydrogen) atoms. The van der Waals surface area contributed by atoms with Crippen molar-refractivity contribution in [1.82, 2.24) is 4.31 Å². The van der Waals surface area contributed by atoms with Crippen molar-refractivity contribution in [3.8, 4) is 6.07 Å². The number of halogens is 1. The summed E-state index contributed by atoms with van der Waals surface area (Å²) in [5, 5.41) is 8.90. The van der Waals surface area contributed by atoms with Crippen LogP contribution in [0.1, 0.15) is 47.2 Å². The number of hydrogen-bond donors (Lipinski definition) is 0. The van der Waals surface area contributed by atoms with E-state index in [9.17, 15) is 13.2 Å². The zero-order valence-corrected chi connectivity index (χ0v) is 17.4. The molecule has 0 aromatic heterocycles. The summed E-state index contributed by atoms with van der Waals surface area (Å²) in [4.78, 5) is 12.4. The minimum absolute atomic E-state index is 0.0153. The van der Waals surface area contributed by atoms with Gasteiger partial charge in [-0.2, -0.15) is 9.57 Å². The third kappa shape index (κ3) is 5.15. The number of nitrogens with zero attached hydrogens (tertiary/aromatic N) is 2. The number of ether oxygens (including phenoxy) is 1. The van der Waals surface area contributed by atoms with E-state index in [1.807, 2.05) is 6.07 Å². The summed E-state index contributed by atoms with van der Waals surface area (Å²) >= 11 is 6.16. The van der Waals surface area contributed by atoms with Gasteiger partial charge < -0.3 is 4.74 Å². The first-order chi connectivity index (χ1) is 13.9. The third-order valence-corrected chi connectivity index (χ3v) is 7.18. The number of sulfonamides is 1. The molecule has 0 amide bonds. The number of carbonyl (C=O) groups is 1. The minimum Gasteiger partial charge on any atom is -0.457 e. The smallest absolute Gasteiger partial charge is 0.338 e. The molecule has 1 aliphatic rings. The molecule has 2 aromatic carbocycles. The summed E-state index contributed by atoms with van der Waals surface area (Å²) in [6.45, 7) is 0.916. The monoisotopic (exact) mass is 432 g/mol. The maximum Gasteiger partial charge on any atom is 0.338 e. The first-order valence-electron chi connectivity index (χ1n) is 9.37. The first-order valence-corrected chi connectivity index (χ1v) is 11.2. The van der Waals surface area contributed by atoms with Crippen molar-refractivity contribution in [2.75, 3.05) is 13.1 Å². The van der Waals surface area contributed by atoms with Gasteiger partial charge in [-0.1, -0.05) is 36.6 Å². The Labute approximate surface area is 175 Å². The van der Waals surface area contributed by atoms with Gasteiger partial charge in [0.25, 0.3) is 0 Å². The molecule has 1 heterocycles. The topological polar surface area (TPSA) is 87.5 Å². The predicted molar refractivity (Wildman–Crippen MR) is 109 cm³/mol. The molecule has 1 aliphatic heterocycles. The SMILES string of the molecule is N#Cc1ccc(COC(=O)c2ccc(Cl)c(S(=O)(=O)N3CCCCCC3)c2)cc1. The highest BCUT2D eigenvalue weighted by molar-refractivity contribution is 7.89. The van der Waals surface area contributed by atoms with Gasteiger partial charge in [0.15, 0.2) is 0 Å². The molecule has 2 aromatic rings. The second-order valence-corrected chi connectivity index (χ2v) is 9.16. The number of esters is 1. The average Bonchev–Trinajstić information content (AvgIpc) is 3.03. The number of carbonyl (C=O) groups excluding carboxylic acids is 1. The van der Waals surface area contributed by atoms with Crippen LogP contribution in [0.25, 0.3) is 0 Å². The summed E-state index contributed by atoms with van der Waals surface area (Å²) in [6.07, 6.45) is 3.62. The molecule has 1 fully saturated rings. The van der Waals surface area contributed by atoms with E-state index in [2.05, 4.69) is 0 Å². The Morgan fingerprint density at radius 3 is 2.34 bits per heavy atom. The summed E-state index contributed by atoms with van der Waals surface area (Å²) in [5.41, 5.74) is 1.36. The maximum atomic E-state index is 13.0. The number of nitriles is 1. The molecule has 8 heteroatoms. The van der Waals surface area contributed by atoms with E-state index in [0.29, 0.717) is 18.7 Å². The number of rotatable bonds is 5. The maximum absolute atomic E-state index is 13.0. The molecule has 3 rings (SSSR count). The average molecular weight is 433 g/mol. The highest BCUT2D eigenvalue weighted by Crippen LogP contribution is 2.28. The third-order valence-electron chi connectivity index (χ3n) is 4.80. The van der Waals surface area contributed by atoms with Crippen LogP contribution in [0.4, 0.5) is 0 Å². The quantitative estimate of drug-likeness (QED) is 0.663. The van der Waals surface area contributed by atoms with Crippen molar-refractivity contribution in [2.45, 2.75) is 37.2 Å². The van der Waals surface area contributed by atoms with Crippen molar-refractivity contribution in [2.24, 2.45) is 0 Å². The van der Waals surface area contributed by atoms with E-state index in [1.165, 1.54) is 22.5 Å². The van der Waals surface area contributed by atoms with Gasteiger partial charge >= 0.3 is 5.97 Å². The molecule has 1 saturated heterocycles. The molecular formula is C21H21ClN2O4S. The Bertz CT molecular complexity index is 1020. The van der Waals surface area contributed by atoms with Crippen molar-refractivity contribution >= 4 is 27.6 Å². The Morgan fingerprint density at radius 1 is 1.07 bits per heavy atom. The van der Waals surface area contributed by atoms with Crippen LogP contribution in [-0.4, -0.2) is 31.8 Å².